The van der Waals surface area contributed by atoms with Gasteiger partial charge in [0.15, 0.2) is 0 Å². The monoisotopic (exact) mass is 324 g/mol. The lowest BCUT2D eigenvalue weighted by atomic mass is 10.1. The van der Waals surface area contributed by atoms with Crippen LogP contribution in [0.5, 0.6) is 0 Å². The van der Waals surface area contributed by atoms with Crippen LogP contribution in [0.15, 0.2) is 67.0 Å². The van der Waals surface area contributed by atoms with E-state index in [0.29, 0.717) is 18.8 Å². The third-order valence-corrected chi connectivity index (χ3v) is 3.53. The first-order valence-electron chi connectivity index (χ1n) is 7.55. The maximum Gasteiger partial charge on any atom is 0.319 e. The van der Waals surface area contributed by atoms with Gasteiger partial charge in [0.25, 0.3) is 0 Å². The highest BCUT2D eigenvalue weighted by atomic mass is 19.1. The van der Waals surface area contributed by atoms with Crippen LogP contribution in [-0.2, 0) is 13.1 Å². The first-order valence-corrected chi connectivity index (χ1v) is 7.55. The lowest BCUT2D eigenvalue weighted by Crippen LogP contribution is -2.28. The summed E-state index contributed by atoms with van der Waals surface area (Å²) < 4.78 is 14.9. The van der Waals surface area contributed by atoms with E-state index in [-0.39, 0.29) is 6.03 Å². The molecule has 0 atom stereocenters. The van der Waals surface area contributed by atoms with Crippen LogP contribution in [0.3, 0.4) is 0 Å². The Morgan fingerprint density at radius 1 is 1.08 bits per heavy atom. The van der Waals surface area contributed by atoms with Crippen molar-refractivity contribution in [3.63, 3.8) is 0 Å². The molecule has 3 rings (SSSR count). The van der Waals surface area contributed by atoms with Crippen LogP contribution in [0.4, 0.5) is 14.9 Å². The number of aromatic nitrogens is 2. The molecule has 122 valence electrons. The number of nitrogens with one attached hydrogen (secondary N) is 2. The van der Waals surface area contributed by atoms with Gasteiger partial charge >= 0.3 is 6.03 Å². The number of hydrogen-bond acceptors (Lipinski definition) is 2. The number of carbonyl (C=O) groups excluding carboxylic acids is 1. The van der Waals surface area contributed by atoms with Gasteiger partial charge in [-0.05, 0) is 35.4 Å². The van der Waals surface area contributed by atoms with Crippen LogP contribution in [0.2, 0.25) is 0 Å². The van der Waals surface area contributed by atoms with Crippen molar-refractivity contribution < 1.29 is 9.18 Å². The minimum atomic E-state index is -0.391. The minimum absolute atomic E-state index is 0.374. The molecular formula is C18H17FN4O. The molecule has 0 bridgehead atoms. The molecule has 2 aromatic carbocycles. The highest BCUT2D eigenvalue weighted by molar-refractivity contribution is 5.89. The van der Waals surface area contributed by atoms with Gasteiger partial charge in [0.05, 0.1) is 6.54 Å². The number of carbonyl (C=O) groups is 1. The van der Waals surface area contributed by atoms with Crippen LogP contribution in [0, 0.1) is 5.82 Å². The number of benzene rings is 2. The normalized spacial score (nSPS) is 10.4. The van der Waals surface area contributed by atoms with E-state index in [9.17, 15) is 9.18 Å². The van der Waals surface area contributed by atoms with Gasteiger partial charge in [-0.3, -0.25) is 4.68 Å². The summed E-state index contributed by atoms with van der Waals surface area (Å²) in [4.78, 5) is 12.0. The summed E-state index contributed by atoms with van der Waals surface area (Å²) in [5.41, 5.74) is 2.49. The maximum atomic E-state index is 13.1. The zero-order valence-electron chi connectivity index (χ0n) is 12.9. The number of urea groups is 1. The molecule has 0 unspecified atom stereocenters. The van der Waals surface area contributed by atoms with Gasteiger partial charge in [-0.15, -0.1) is 0 Å². The molecule has 0 saturated carbocycles. The fraction of sp³-hybridized carbons (Fsp3) is 0.111. The molecule has 0 fully saturated rings. The summed E-state index contributed by atoms with van der Waals surface area (Å²) >= 11 is 0. The largest absolute Gasteiger partial charge is 0.334 e. The Bertz CT molecular complexity index is 817. The standard InChI is InChI=1S/C18H17FN4O/c19-16-7-3-8-17(11-16)22-18(24)20-12-14-5-1-2-6-15(14)13-23-10-4-9-21-23/h1-11H,12-13H2,(H2,20,22,24). The van der Waals surface area contributed by atoms with E-state index in [1.165, 1.54) is 12.1 Å². The fourth-order valence-corrected chi connectivity index (χ4v) is 2.37. The molecule has 5 nitrogen and oxygen atoms in total. The molecule has 3 aromatic rings. The van der Waals surface area contributed by atoms with Crippen molar-refractivity contribution in [1.29, 1.82) is 0 Å². The van der Waals surface area contributed by atoms with Crippen LogP contribution < -0.4 is 10.6 Å². The second-order valence-corrected chi connectivity index (χ2v) is 5.29. The quantitative estimate of drug-likeness (QED) is 0.756. The number of halogens is 1. The highest BCUT2D eigenvalue weighted by Crippen LogP contribution is 2.11. The molecular weight excluding hydrogens is 307 g/mol. The molecule has 24 heavy (non-hydrogen) atoms. The van der Waals surface area contributed by atoms with E-state index in [2.05, 4.69) is 15.7 Å². The smallest absolute Gasteiger partial charge is 0.319 e. The van der Waals surface area contributed by atoms with E-state index >= 15 is 0 Å². The van der Waals surface area contributed by atoms with Crippen LogP contribution in [0.1, 0.15) is 11.1 Å². The molecule has 0 spiro atoms. The molecule has 0 saturated heterocycles. The number of amides is 2. The molecule has 0 aliphatic rings. The van der Waals surface area contributed by atoms with Gasteiger partial charge in [0, 0.05) is 24.6 Å². The second-order valence-electron chi connectivity index (χ2n) is 5.29. The van der Waals surface area contributed by atoms with Crippen molar-refractivity contribution in [2.24, 2.45) is 0 Å². The number of rotatable bonds is 5. The molecule has 0 aliphatic carbocycles. The van der Waals surface area contributed by atoms with Crippen molar-refractivity contribution in [2.75, 3.05) is 5.32 Å². The van der Waals surface area contributed by atoms with Crippen molar-refractivity contribution >= 4 is 11.7 Å². The topological polar surface area (TPSA) is 59.0 Å². The minimum Gasteiger partial charge on any atom is -0.334 e. The van der Waals surface area contributed by atoms with E-state index in [0.717, 1.165) is 11.1 Å². The Morgan fingerprint density at radius 3 is 2.67 bits per heavy atom. The van der Waals surface area contributed by atoms with E-state index in [1.54, 1.807) is 18.3 Å². The summed E-state index contributed by atoms with van der Waals surface area (Å²) in [5, 5.41) is 9.59. The van der Waals surface area contributed by atoms with E-state index in [4.69, 9.17) is 0 Å². The molecule has 2 amide bonds. The Labute approximate surface area is 139 Å². The van der Waals surface area contributed by atoms with Crippen LogP contribution in [-0.4, -0.2) is 15.8 Å². The summed E-state index contributed by atoms with van der Waals surface area (Å²) in [7, 11) is 0. The fourth-order valence-electron chi connectivity index (χ4n) is 2.37. The van der Waals surface area contributed by atoms with Crippen LogP contribution >= 0.6 is 0 Å². The Kier molecular flexibility index (Phi) is 4.86. The SMILES string of the molecule is O=C(NCc1ccccc1Cn1cccn1)Nc1cccc(F)c1. The van der Waals surface area contributed by atoms with Gasteiger partial charge in [0.1, 0.15) is 5.82 Å². The Hall–Kier alpha value is -3.15. The van der Waals surface area contributed by atoms with Gasteiger partial charge in [-0.25, -0.2) is 9.18 Å². The van der Waals surface area contributed by atoms with Crippen molar-refractivity contribution in [3.05, 3.63) is 83.9 Å². The predicted octanol–water partition coefficient (Wildman–Crippen LogP) is 3.39. The lowest BCUT2D eigenvalue weighted by molar-refractivity contribution is 0.251. The lowest BCUT2D eigenvalue weighted by Gasteiger charge is -2.12. The average molecular weight is 324 g/mol. The molecule has 0 aliphatic heterocycles. The molecule has 0 radical (unpaired) electrons. The van der Waals surface area contributed by atoms with E-state index < -0.39 is 5.82 Å². The first-order chi connectivity index (χ1) is 11.7. The summed E-state index contributed by atoms with van der Waals surface area (Å²) in [5.74, 6) is -0.391. The number of anilines is 1. The van der Waals surface area contributed by atoms with Crippen LogP contribution in [0.25, 0.3) is 0 Å². The van der Waals surface area contributed by atoms with Gasteiger partial charge in [0.2, 0.25) is 0 Å². The first kappa shape index (κ1) is 15.7. The predicted molar refractivity (Wildman–Crippen MR) is 90.0 cm³/mol. The van der Waals surface area contributed by atoms with Gasteiger partial charge < -0.3 is 10.6 Å². The highest BCUT2D eigenvalue weighted by Gasteiger charge is 2.06. The molecule has 1 aromatic heterocycles. The Balaban J connectivity index is 1.61. The zero-order valence-corrected chi connectivity index (χ0v) is 12.9. The van der Waals surface area contributed by atoms with Crippen molar-refractivity contribution in [3.8, 4) is 0 Å². The second kappa shape index (κ2) is 7.41. The Morgan fingerprint density at radius 2 is 1.92 bits per heavy atom. The number of nitrogens with zero attached hydrogens (tertiary/aromatic N) is 2. The summed E-state index contributed by atoms with van der Waals surface area (Å²) in [6.45, 7) is 1.01. The summed E-state index contributed by atoms with van der Waals surface area (Å²) in [6.07, 6.45) is 3.62. The van der Waals surface area contributed by atoms with E-state index in [1.807, 2.05) is 41.2 Å². The molecule has 6 heteroatoms. The molecule has 2 N–H and O–H groups in total. The summed E-state index contributed by atoms with van der Waals surface area (Å²) in [6, 6.07) is 15.1. The maximum absolute atomic E-state index is 13.1. The molecule has 1 heterocycles. The van der Waals surface area contributed by atoms with Gasteiger partial charge in [-0.1, -0.05) is 30.3 Å². The van der Waals surface area contributed by atoms with Gasteiger partial charge in [-0.2, -0.15) is 5.10 Å². The third-order valence-electron chi connectivity index (χ3n) is 3.53. The van der Waals surface area contributed by atoms with Crippen molar-refractivity contribution in [2.45, 2.75) is 13.1 Å². The number of hydrogen-bond donors (Lipinski definition) is 2. The van der Waals surface area contributed by atoms with Crippen molar-refractivity contribution in [1.82, 2.24) is 15.1 Å². The average Bonchev–Trinajstić information content (AvgIpc) is 3.07. The third kappa shape index (κ3) is 4.19. The zero-order chi connectivity index (χ0) is 16.8.